The SMILES string of the molecule is CCc1c(-c2ccccc2)c(C)c2c3c(c(O)c(C(C)C)cc13)NC2=O. The van der Waals surface area contributed by atoms with Crippen molar-refractivity contribution in [2.45, 2.75) is 40.0 Å². The molecule has 0 fully saturated rings. The number of phenolic OH excluding ortho intramolecular Hbond substituents is 1. The van der Waals surface area contributed by atoms with Crippen LogP contribution >= 0.6 is 0 Å². The number of nitrogens with one attached hydrogen (secondary N) is 1. The molecule has 3 aromatic rings. The minimum atomic E-state index is -0.126. The van der Waals surface area contributed by atoms with Crippen molar-refractivity contribution in [1.82, 2.24) is 0 Å². The molecule has 0 saturated heterocycles. The Kier molecular flexibility index (Phi) is 3.76. The lowest BCUT2D eigenvalue weighted by Gasteiger charge is -2.19. The highest BCUT2D eigenvalue weighted by Crippen LogP contribution is 2.49. The van der Waals surface area contributed by atoms with Crippen LogP contribution in [0, 0.1) is 6.92 Å². The zero-order valence-corrected chi connectivity index (χ0v) is 15.6. The molecular weight excluding hydrogens is 322 g/mol. The molecule has 1 heterocycles. The van der Waals surface area contributed by atoms with Crippen LogP contribution in [0.1, 0.15) is 53.7 Å². The Hall–Kier alpha value is -2.81. The van der Waals surface area contributed by atoms with Crippen LogP contribution in [0.15, 0.2) is 36.4 Å². The molecule has 4 rings (SSSR count). The summed E-state index contributed by atoms with van der Waals surface area (Å²) in [6.07, 6.45) is 0.859. The third kappa shape index (κ3) is 2.16. The van der Waals surface area contributed by atoms with Gasteiger partial charge in [0.25, 0.3) is 5.91 Å². The second kappa shape index (κ2) is 5.87. The van der Waals surface area contributed by atoms with Crippen molar-refractivity contribution < 1.29 is 9.90 Å². The summed E-state index contributed by atoms with van der Waals surface area (Å²) in [5.41, 5.74) is 6.61. The summed E-state index contributed by atoms with van der Waals surface area (Å²) in [5, 5.41) is 15.6. The normalized spacial score (nSPS) is 12.9. The van der Waals surface area contributed by atoms with E-state index in [0.29, 0.717) is 11.3 Å². The van der Waals surface area contributed by atoms with E-state index in [0.717, 1.165) is 39.4 Å². The molecule has 26 heavy (non-hydrogen) atoms. The van der Waals surface area contributed by atoms with Gasteiger partial charge in [-0.1, -0.05) is 51.1 Å². The quantitative estimate of drug-likeness (QED) is 0.592. The van der Waals surface area contributed by atoms with Gasteiger partial charge in [0.2, 0.25) is 0 Å². The standard InChI is InChI=1S/C23H23NO2/c1-5-15-17-11-16(12(2)3)22(25)21-20(17)19(23(26)24-21)13(4)18(15)14-9-7-6-8-10-14/h6-12,25H,5H2,1-4H3,(H,24,26). The molecule has 132 valence electrons. The molecular formula is C23H23NO2. The van der Waals surface area contributed by atoms with Crippen molar-refractivity contribution >= 4 is 22.4 Å². The number of aryl methyl sites for hydroxylation is 1. The lowest BCUT2D eigenvalue weighted by atomic mass is 9.84. The fraction of sp³-hybridized carbons (Fsp3) is 0.261. The van der Waals surface area contributed by atoms with E-state index in [-0.39, 0.29) is 17.6 Å². The van der Waals surface area contributed by atoms with E-state index < -0.39 is 0 Å². The van der Waals surface area contributed by atoms with Crippen LogP contribution in [0.5, 0.6) is 5.75 Å². The van der Waals surface area contributed by atoms with E-state index in [4.69, 9.17) is 0 Å². The van der Waals surface area contributed by atoms with Crippen LogP contribution in [0.25, 0.3) is 21.9 Å². The van der Waals surface area contributed by atoms with Gasteiger partial charge >= 0.3 is 0 Å². The number of aromatic hydroxyl groups is 1. The fourth-order valence-corrected chi connectivity index (χ4v) is 4.25. The van der Waals surface area contributed by atoms with E-state index in [9.17, 15) is 9.90 Å². The highest BCUT2D eigenvalue weighted by Gasteiger charge is 2.31. The van der Waals surface area contributed by atoms with Crippen LogP contribution < -0.4 is 5.32 Å². The first kappa shape index (κ1) is 16.6. The Labute approximate surface area is 153 Å². The third-order valence-corrected chi connectivity index (χ3v) is 5.46. The molecule has 0 saturated carbocycles. The first-order valence-electron chi connectivity index (χ1n) is 9.17. The lowest BCUT2D eigenvalue weighted by Crippen LogP contribution is -2.07. The summed E-state index contributed by atoms with van der Waals surface area (Å²) in [6, 6.07) is 12.3. The number of hydrogen-bond acceptors (Lipinski definition) is 2. The molecule has 0 radical (unpaired) electrons. The number of rotatable bonds is 3. The van der Waals surface area contributed by atoms with Crippen molar-refractivity contribution in [3.63, 3.8) is 0 Å². The molecule has 0 aliphatic carbocycles. The summed E-state index contributed by atoms with van der Waals surface area (Å²) in [4.78, 5) is 12.8. The average molecular weight is 345 g/mol. The summed E-state index contributed by atoms with van der Waals surface area (Å²) in [6.45, 7) is 8.28. The first-order valence-corrected chi connectivity index (χ1v) is 9.17. The van der Waals surface area contributed by atoms with Gasteiger partial charge in [-0.05, 0) is 58.5 Å². The number of benzene rings is 3. The van der Waals surface area contributed by atoms with Crippen molar-refractivity contribution in [3.05, 3.63) is 58.7 Å². The molecule has 3 heteroatoms. The van der Waals surface area contributed by atoms with Gasteiger partial charge in [0.05, 0.1) is 11.3 Å². The highest BCUT2D eigenvalue weighted by atomic mass is 16.3. The molecule has 0 spiro atoms. The van der Waals surface area contributed by atoms with Crippen LogP contribution in [-0.4, -0.2) is 11.0 Å². The Morgan fingerprint density at radius 2 is 1.81 bits per heavy atom. The van der Waals surface area contributed by atoms with Gasteiger partial charge < -0.3 is 10.4 Å². The maximum absolute atomic E-state index is 12.8. The molecule has 1 aliphatic heterocycles. The topological polar surface area (TPSA) is 49.3 Å². The van der Waals surface area contributed by atoms with E-state index in [1.807, 2.05) is 25.1 Å². The first-order chi connectivity index (χ1) is 12.5. The van der Waals surface area contributed by atoms with Crippen LogP contribution in [0.4, 0.5) is 5.69 Å². The summed E-state index contributed by atoms with van der Waals surface area (Å²) < 4.78 is 0. The number of amides is 1. The van der Waals surface area contributed by atoms with Crippen LogP contribution in [-0.2, 0) is 6.42 Å². The maximum atomic E-state index is 12.8. The molecule has 0 unspecified atom stereocenters. The highest BCUT2D eigenvalue weighted by molar-refractivity contribution is 6.27. The fourth-order valence-electron chi connectivity index (χ4n) is 4.25. The molecule has 3 nitrogen and oxygen atoms in total. The van der Waals surface area contributed by atoms with Crippen molar-refractivity contribution in [1.29, 1.82) is 0 Å². The maximum Gasteiger partial charge on any atom is 0.256 e. The number of hydrogen-bond donors (Lipinski definition) is 2. The summed E-state index contributed by atoms with van der Waals surface area (Å²) in [5.74, 6) is 0.245. The second-order valence-electron chi connectivity index (χ2n) is 7.29. The lowest BCUT2D eigenvalue weighted by molar-refractivity contribution is 0.103. The molecule has 0 atom stereocenters. The number of carbonyl (C=O) groups excluding carboxylic acids is 1. The molecule has 0 bridgehead atoms. The predicted molar refractivity (Wildman–Crippen MR) is 107 cm³/mol. The Bertz CT molecular complexity index is 1050. The summed E-state index contributed by atoms with van der Waals surface area (Å²) in [7, 11) is 0. The van der Waals surface area contributed by atoms with Crippen molar-refractivity contribution in [2.24, 2.45) is 0 Å². The van der Waals surface area contributed by atoms with Gasteiger partial charge in [-0.3, -0.25) is 4.79 Å². The van der Waals surface area contributed by atoms with Gasteiger partial charge in [0, 0.05) is 5.39 Å². The number of carbonyl (C=O) groups is 1. The van der Waals surface area contributed by atoms with E-state index in [2.05, 4.69) is 44.3 Å². The molecule has 1 aliphatic rings. The third-order valence-electron chi connectivity index (χ3n) is 5.46. The smallest absolute Gasteiger partial charge is 0.256 e. The van der Waals surface area contributed by atoms with Gasteiger partial charge in [-0.2, -0.15) is 0 Å². The number of anilines is 1. The Balaban J connectivity index is 2.22. The minimum absolute atomic E-state index is 0.126. The zero-order chi connectivity index (χ0) is 18.6. The average Bonchev–Trinajstić information content (AvgIpc) is 2.98. The number of phenols is 1. The molecule has 3 aromatic carbocycles. The summed E-state index contributed by atoms with van der Waals surface area (Å²) >= 11 is 0. The van der Waals surface area contributed by atoms with E-state index in [1.165, 1.54) is 5.56 Å². The van der Waals surface area contributed by atoms with Crippen molar-refractivity contribution in [3.8, 4) is 16.9 Å². The monoisotopic (exact) mass is 345 g/mol. The van der Waals surface area contributed by atoms with Crippen LogP contribution in [0.3, 0.4) is 0 Å². The van der Waals surface area contributed by atoms with Crippen molar-refractivity contribution in [2.75, 3.05) is 5.32 Å². The Morgan fingerprint density at radius 3 is 2.42 bits per heavy atom. The largest absolute Gasteiger partial charge is 0.505 e. The second-order valence-corrected chi connectivity index (χ2v) is 7.29. The molecule has 2 N–H and O–H groups in total. The van der Waals surface area contributed by atoms with Gasteiger partial charge in [0.1, 0.15) is 5.75 Å². The Morgan fingerprint density at radius 1 is 1.12 bits per heavy atom. The van der Waals surface area contributed by atoms with Gasteiger partial charge in [0.15, 0.2) is 0 Å². The van der Waals surface area contributed by atoms with Gasteiger partial charge in [-0.15, -0.1) is 0 Å². The minimum Gasteiger partial charge on any atom is -0.505 e. The zero-order valence-electron chi connectivity index (χ0n) is 15.6. The molecule has 0 aromatic heterocycles. The van der Waals surface area contributed by atoms with E-state index >= 15 is 0 Å². The molecule has 1 amide bonds. The predicted octanol–water partition coefficient (Wildman–Crippen LogP) is 5.77. The van der Waals surface area contributed by atoms with Gasteiger partial charge in [-0.25, -0.2) is 0 Å². The van der Waals surface area contributed by atoms with E-state index in [1.54, 1.807) is 0 Å². The van der Waals surface area contributed by atoms with Crippen LogP contribution in [0.2, 0.25) is 0 Å².